The highest BCUT2D eigenvalue weighted by Crippen LogP contribution is 2.17. The lowest BCUT2D eigenvalue weighted by atomic mass is 10.2. The van der Waals surface area contributed by atoms with Gasteiger partial charge in [0.1, 0.15) is 0 Å². The van der Waals surface area contributed by atoms with Gasteiger partial charge in [0.25, 0.3) is 9.05 Å². The number of benzene rings is 1. The Bertz CT molecular complexity index is 677. The minimum Gasteiger partial charge on any atom is -0.265 e. The van der Waals surface area contributed by atoms with Crippen molar-refractivity contribution in [3.05, 3.63) is 47.3 Å². The molecule has 4 nitrogen and oxygen atoms in total. The summed E-state index contributed by atoms with van der Waals surface area (Å²) in [5.74, 6) is 0. The predicted molar refractivity (Wildman–Crippen MR) is 70.3 cm³/mol. The second-order valence-corrected chi connectivity index (χ2v) is 6.74. The van der Waals surface area contributed by atoms with Gasteiger partial charge in [-0.3, -0.25) is 4.68 Å². The van der Waals surface area contributed by atoms with Crippen LogP contribution in [0.5, 0.6) is 0 Å². The molecule has 1 heterocycles. The molecule has 0 saturated carbocycles. The number of hydrogen-bond acceptors (Lipinski definition) is 3. The third kappa shape index (κ3) is 2.91. The Kier molecular flexibility index (Phi) is 3.45. The van der Waals surface area contributed by atoms with Crippen LogP contribution in [0.15, 0.2) is 35.2 Å². The molecule has 0 aliphatic heterocycles. The molecule has 0 spiro atoms. The molecule has 1 aromatic carbocycles. The minimum atomic E-state index is -3.68. The molecule has 0 aliphatic rings. The molecule has 0 amide bonds. The van der Waals surface area contributed by atoms with E-state index in [1.54, 1.807) is 12.1 Å². The minimum absolute atomic E-state index is 0.114. The van der Waals surface area contributed by atoms with Crippen LogP contribution in [0.25, 0.3) is 0 Å². The van der Waals surface area contributed by atoms with Crippen molar-refractivity contribution in [2.75, 3.05) is 0 Å². The van der Waals surface area contributed by atoms with Crippen LogP contribution in [0, 0.1) is 13.8 Å². The maximum absolute atomic E-state index is 11.3. The van der Waals surface area contributed by atoms with Gasteiger partial charge in [0, 0.05) is 16.4 Å². The molecule has 0 radical (unpaired) electrons. The van der Waals surface area contributed by atoms with Crippen molar-refractivity contribution >= 4 is 19.7 Å². The normalized spacial score (nSPS) is 11.7. The van der Waals surface area contributed by atoms with Crippen LogP contribution in [0.4, 0.5) is 0 Å². The van der Waals surface area contributed by atoms with Gasteiger partial charge in [-0.1, -0.05) is 12.1 Å². The Morgan fingerprint density at radius 3 is 2.56 bits per heavy atom. The molecule has 2 aromatic rings. The van der Waals surface area contributed by atoms with Crippen LogP contribution < -0.4 is 0 Å². The Morgan fingerprint density at radius 2 is 2.00 bits per heavy atom. The van der Waals surface area contributed by atoms with Crippen LogP contribution in [0.3, 0.4) is 0 Å². The second-order valence-electron chi connectivity index (χ2n) is 4.17. The number of halogens is 1. The predicted octanol–water partition coefficient (Wildman–Crippen LogP) is 2.48. The fourth-order valence-corrected chi connectivity index (χ4v) is 2.62. The van der Waals surface area contributed by atoms with E-state index in [2.05, 4.69) is 5.10 Å². The van der Waals surface area contributed by atoms with Crippen molar-refractivity contribution in [2.24, 2.45) is 0 Å². The lowest BCUT2D eigenvalue weighted by Gasteiger charge is -2.05. The zero-order valence-electron chi connectivity index (χ0n) is 10.1. The first-order chi connectivity index (χ1) is 8.36. The summed E-state index contributed by atoms with van der Waals surface area (Å²) in [4.78, 5) is 0.114. The average molecular weight is 285 g/mol. The molecule has 0 aliphatic carbocycles. The lowest BCUT2D eigenvalue weighted by molar-refractivity contribution is 0.609. The Balaban J connectivity index is 2.33. The summed E-state index contributed by atoms with van der Waals surface area (Å²) >= 11 is 0. The molecule has 96 valence electrons. The highest BCUT2D eigenvalue weighted by molar-refractivity contribution is 8.13. The lowest BCUT2D eigenvalue weighted by Crippen LogP contribution is -2.04. The Labute approximate surface area is 111 Å². The fraction of sp³-hybridized carbons (Fsp3) is 0.250. The first kappa shape index (κ1) is 13.1. The number of rotatable bonds is 3. The maximum Gasteiger partial charge on any atom is 0.261 e. The highest BCUT2D eigenvalue weighted by Gasteiger charge is 2.10. The van der Waals surface area contributed by atoms with Crippen LogP contribution >= 0.6 is 10.7 Å². The zero-order chi connectivity index (χ0) is 13.3. The van der Waals surface area contributed by atoms with Gasteiger partial charge in [0.05, 0.1) is 17.1 Å². The van der Waals surface area contributed by atoms with E-state index in [0.717, 1.165) is 17.0 Å². The summed E-state index contributed by atoms with van der Waals surface area (Å²) in [5.41, 5.74) is 2.82. The van der Waals surface area contributed by atoms with Crippen LogP contribution in [0.2, 0.25) is 0 Å². The molecule has 0 bridgehead atoms. The van der Waals surface area contributed by atoms with Crippen LogP contribution in [0.1, 0.15) is 17.0 Å². The number of aromatic nitrogens is 2. The fourth-order valence-electron chi connectivity index (χ4n) is 1.80. The molecule has 18 heavy (non-hydrogen) atoms. The molecule has 0 unspecified atom stereocenters. The smallest absolute Gasteiger partial charge is 0.261 e. The summed E-state index contributed by atoms with van der Waals surface area (Å²) in [7, 11) is 1.64. The molecule has 2 rings (SSSR count). The van der Waals surface area contributed by atoms with Gasteiger partial charge in [0.15, 0.2) is 0 Å². The van der Waals surface area contributed by atoms with E-state index in [-0.39, 0.29) is 4.90 Å². The van der Waals surface area contributed by atoms with E-state index >= 15 is 0 Å². The summed E-state index contributed by atoms with van der Waals surface area (Å²) in [6.45, 7) is 4.41. The molecule has 0 fully saturated rings. The van der Waals surface area contributed by atoms with Crippen molar-refractivity contribution in [3.8, 4) is 0 Å². The van der Waals surface area contributed by atoms with Crippen molar-refractivity contribution in [3.63, 3.8) is 0 Å². The highest BCUT2D eigenvalue weighted by atomic mass is 35.7. The largest absolute Gasteiger partial charge is 0.265 e. The van der Waals surface area contributed by atoms with Crippen LogP contribution in [-0.2, 0) is 15.6 Å². The summed E-state index contributed by atoms with van der Waals surface area (Å²) in [6, 6.07) is 8.55. The Morgan fingerprint density at radius 1 is 1.28 bits per heavy atom. The van der Waals surface area contributed by atoms with E-state index in [1.165, 1.54) is 6.07 Å². The monoisotopic (exact) mass is 284 g/mol. The van der Waals surface area contributed by atoms with Crippen molar-refractivity contribution in [1.29, 1.82) is 0 Å². The third-order valence-corrected chi connectivity index (χ3v) is 3.97. The Hall–Kier alpha value is -1.33. The average Bonchev–Trinajstić information content (AvgIpc) is 2.56. The van der Waals surface area contributed by atoms with Gasteiger partial charge in [-0.25, -0.2) is 8.42 Å². The first-order valence-electron chi connectivity index (χ1n) is 5.41. The molecular weight excluding hydrogens is 272 g/mol. The third-order valence-electron chi connectivity index (χ3n) is 2.62. The van der Waals surface area contributed by atoms with Gasteiger partial charge < -0.3 is 0 Å². The van der Waals surface area contributed by atoms with E-state index in [0.29, 0.717) is 6.54 Å². The van der Waals surface area contributed by atoms with Gasteiger partial charge in [-0.15, -0.1) is 0 Å². The van der Waals surface area contributed by atoms with Crippen molar-refractivity contribution in [1.82, 2.24) is 9.78 Å². The standard InChI is InChI=1S/C12H13ClN2O2S/c1-9-6-10(2)15(14-9)8-11-4-3-5-12(7-11)18(13,16)17/h3-7H,8H2,1-2H3. The molecule has 6 heteroatoms. The van der Waals surface area contributed by atoms with Crippen molar-refractivity contribution in [2.45, 2.75) is 25.3 Å². The van der Waals surface area contributed by atoms with E-state index in [1.807, 2.05) is 30.7 Å². The molecule has 0 N–H and O–H groups in total. The summed E-state index contributed by atoms with van der Waals surface area (Å²) in [5, 5.41) is 4.33. The summed E-state index contributed by atoms with van der Waals surface area (Å²) < 4.78 is 24.3. The topological polar surface area (TPSA) is 52.0 Å². The maximum atomic E-state index is 11.3. The zero-order valence-corrected chi connectivity index (χ0v) is 11.7. The van der Waals surface area contributed by atoms with E-state index in [9.17, 15) is 8.42 Å². The summed E-state index contributed by atoms with van der Waals surface area (Å²) in [6.07, 6.45) is 0. The van der Waals surface area contributed by atoms with Gasteiger partial charge >= 0.3 is 0 Å². The second kappa shape index (κ2) is 4.74. The van der Waals surface area contributed by atoms with Crippen molar-refractivity contribution < 1.29 is 8.42 Å². The van der Waals surface area contributed by atoms with Gasteiger partial charge in [-0.2, -0.15) is 5.10 Å². The van der Waals surface area contributed by atoms with E-state index in [4.69, 9.17) is 10.7 Å². The SMILES string of the molecule is Cc1cc(C)n(Cc2cccc(S(=O)(=O)Cl)c2)n1. The number of aryl methyl sites for hydroxylation is 2. The molecule has 0 atom stereocenters. The van der Waals surface area contributed by atoms with Crippen LogP contribution in [-0.4, -0.2) is 18.2 Å². The van der Waals surface area contributed by atoms with Gasteiger partial charge in [-0.05, 0) is 37.6 Å². The molecule has 1 aromatic heterocycles. The number of hydrogen-bond donors (Lipinski definition) is 0. The quantitative estimate of drug-likeness (QED) is 0.814. The van der Waals surface area contributed by atoms with Gasteiger partial charge in [0.2, 0.25) is 0 Å². The molecule has 0 saturated heterocycles. The van der Waals surface area contributed by atoms with E-state index < -0.39 is 9.05 Å². The number of nitrogens with zero attached hydrogens (tertiary/aromatic N) is 2. The molecular formula is C12H13ClN2O2S. The first-order valence-corrected chi connectivity index (χ1v) is 7.72.